The Labute approximate surface area is 156 Å². The zero-order valence-electron chi connectivity index (χ0n) is 14.8. The first-order valence-corrected chi connectivity index (χ1v) is 8.34. The van der Waals surface area contributed by atoms with Crippen molar-refractivity contribution in [1.29, 1.82) is 5.26 Å². The van der Waals surface area contributed by atoms with Crippen molar-refractivity contribution >= 4 is 17.3 Å². The standard InChI is InChI=1S/C19H19N5O3/c1-2-23(12-9-15-7-10-21-11-8-15)14-16(13-20)19(25)22-17-5-3-4-6-18(17)24(26)27/h3-8,10-11,14H,2,9,12H2,1H3,(H,22,25)/b16-14-. The number of nitriles is 1. The van der Waals surface area contributed by atoms with Crippen molar-refractivity contribution in [2.45, 2.75) is 13.3 Å². The third-order valence-electron chi connectivity index (χ3n) is 3.87. The number of aromatic nitrogens is 1. The molecule has 1 heterocycles. The highest BCUT2D eigenvalue weighted by atomic mass is 16.6. The van der Waals surface area contributed by atoms with Gasteiger partial charge in [0.05, 0.1) is 4.92 Å². The summed E-state index contributed by atoms with van der Waals surface area (Å²) in [6.45, 7) is 3.14. The number of likely N-dealkylation sites (N-methyl/N-ethyl adjacent to an activating group) is 1. The summed E-state index contributed by atoms with van der Waals surface area (Å²) in [5.74, 6) is -0.686. The Morgan fingerprint density at radius 1 is 1.33 bits per heavy atom. The van der Waals surface area contributed by atoms with E-state index in [1.807, 2.05) is 30.0 Å². The fraction of sp³-hybridized carbons (Fsp3) is 0.211. The SMILES string of the molecule is CCN(/C=C(/C#N)C(=O)Nc1ccccc1[N+](=O)[O-])CCc1ccncc1. The molecule has 0 saturated heterocycles. The molecule has 1 amide bonds. The van der Waals surface area contributed by atoms with Crippen LogP contribution in [0.1, 0.15) is 12.5 Å². The molecule has 1 N–H and O–H groups in total. The quantitative estimate of drug-likeness (QED) is 0.333. The van der Waals surface area contributed by atoms with Gasteiger partial charge in [0.2, 0.25) is 0 Å². The molecular formula is C19H19N5O3. The van der Waals surface area contributed by atoms with Crippen LogP contribution in [0.2, 0.25) is 0 Å². The molecule has 1 aromatic heterocycles. The van der Waals surface area contributed by atoms with Gasteiger partial charge in [0.15, 0.2) is 0 Å². The van der Waals surface area contributed by atoms with Crippen LogP contribution in [-0.4, -0.2) is 33.8 Å². The van der Waals surface area contributed by atoms with E-state index in [-0.39, 0.29) is 16.9 Å². The molecule has 1 aromatic carbocycles. The predicted octanol–water partition coefficient (Wildman–Crippen LogP) is 2.90. The predicted molar refractivity (Wildman–Crippen MR) is 101 cm³/mol. The number of benzene rings is 1. The minimum Gasteiger partial charge on any atom is -0.376 e. The molecule has 0 aliphatic heterocycles. The lowest BCUT2D eigenvalue weighted by atomic mass is 10.2. The third kappa shape index (κ3) is 5.64. The first kappa shape index (κ1) is 19.6. The summed E-state index contributed by atoms with van der Waals surface area (Å²) in [7, 11) is 0. The molecule has 138 valence electrons. The summed E-state index contributed by atoms with van der Waals surface area (Å²) in [6, 6.07) is 11.5. The number of nitrogens with one attached hydrogen (secondary N) is 1. The Kier molecular flexibility index (Phi) is 7.02. The Balaban J connectivity index is 2.10. The highest BCUT2D eigenvalue weighted by Gasteiger charge is 2.17. The number of hydrogen-bond acceptors (Lipinski definition) is 6. The summed E-state index contributed by atoms with van der Waals surface area (Å²) in [5, 5.41) is 22.8. The maximum Gasteiger partial charge on any atom is 0.292 e. The minimum atomic E-state index is -0.686. The van der Waals surface area contributed by atoms with Crippen LogP contribution in [0.4, 0.5) is 11.4 Å². The number of anilines is 1. The van der Waals surface area contributed by atoms with E-state index in [4.69, 9.17) is 0 Å². The zero-order chi connectivity index (χ0) is 19.6. The van der Waals surface area contributed by atoms with E-state index in [1.165, 1.54) is 24.4 Å². The number of hydrogen-bond donors (Lipinski definition) is 1. The molecule has 0 fully saturated rings. The van der Waals surface area contributed by atoms with E-state index in [1.54, 1.807) is 18.5 Å². The highest BCUT2D eigenvalue weighted by molar-refractivity contribution is 6.07. The van der Waals surface area contributed by atoms with Crippen molar-refractivity contribution in [3.8, 4) is 6.07 Å². The molecule has 0 atom stereocenters. The fourth-order valence-electron chi connectivity index (χ4n) is 2.39. The zero-order valence-corrected chi connectivity index (χ0v) is 14.8. The molecule has 8 nitrogen and oxygen atoms in total. The van der Waals surface area contributed by atoms with E-state index in [2.05, 4.69) is 10.3 Å². The third-order valence-corrected chi connectivity index (χ3v) is 3.87. The molecule has 0 aliphatic rings. The molecule has 0 radical (unpaired) electrons. The van der Waals surface area contributed by atoms with Crippen molar-refractivity contribution < 1.29 is 9.72 Å². The van der Waals surface area contributed by atoms with Crippen LogP contribution in [0.5, 0.6) is 0 Å². The second-order valence-corrected chi connectivity index (χ2v) is 5.62. The second-order valence-electron chi connectivity index (χ2n) is 5.62. The van der Waals surface area contributed by atoms with Gasteiger partial charge in [-0.1, -0.05) is 12.1 Å². The number of nitrogens with zero attached hydrogens (tertiary/aromatic N) is 4. The molecule has 0 saturated carbocycles. The van der Waals surface area contributed by atoms with Crippen molar-refractivity contribution in [1.82, 2.24) is 9.88 Å². The average molecular weight is 365 g/mol. The summed E-state index contributed by atoms with van der Waals surface area (Å²) in [4.78, 5) is 28.7. The average Bonchev–Trinajstić information content (AvgIpc) is 2.69. The van der Waals surface area contributed by atoms with Crippen LogP contribution in [-0.2, 0) is 11.2 Å². The molecule has 0 bridgehead atoms. The van der Waals surface area contributed by atoms with Crippen LogP contribution in [0.15, 0.2) is 60.6 Å². The molecule has 27 heavy (non-hydrogen) atoms. The fourth-order valence-corrected chi connectivity index (χ4v) is 2.39. The molecule has 8 heteroatoms. The van der Waals surface area contributed by atoms with Crippen molar-refractivity contribution in [3.05, 3.63) is 76.2 Å². The van der Waals surface area contributed by atoms with E-state index < -0.39 is 10.8 Å². The van der Waals surface area contributed by atoms with Crippen molar-refractivity contribution in [2.24, 2.45) is 0 Å². The van der Waals surface area contributed by atoms with Crippen molar-refractivity contribution in [3.63, 3.8) is 0 Å². The largest absolute Gasteiger partial charge is 0.376 e. The highest BCUT2D eigenvalue weighted by Crippen LogP contribution is 2.23. The molecule has 0 aliphatic carbocycles. The van der Waals surface area contributed by atoms with Crippen LogP contribution in [0.3, 0.4) is 0 Å². The maximum absolute atomic E-state index is 12.4. The van der Waals surface area contributed by atoms with Crippen LogP contribution in [0, 0.1) is 21.4 Å². The summed E-state index contributed by atoms with van der Waals surface area (Å²) >= 11 is 0. The lowest BCUT2D eigenvalue weighted by Crippen LogP contribution is -2.23. The van der Waals surface area contributed by atoms with E-state index in [0.717, 1.165) is 12.0 Å². The van der Waals surface area contributed by atoms with Gasteiger partial charge < -0.3 is 10.2 Å². The van der Waals surface area contributed by atoms with Gasteiger partial charge in [0.25, 0.3) is 11.6 Å². The summed E-state index contributed by atoms with van der Waals surface area (Å²) in [5.41, 5.74) is 0.797. The van der Waals surface area contributed by atoms with Gasteiger partial charge in [0, 0.05) is 37.7 Å². The lowest BCUT2D eigenvalue weighted by molar-refractivity contribution is -0.383. The number of amides is 1. The van der Waals surface area contributed by atoms with Gasteiger partial charge in [-0.25, -0.2) is 0 Å². The molecule has 0 spiro atoms. The van der Waals surface area contributed by atoms with Gasteiger partial charge in [-0.2, -0.15) is 5.26 Å². The van der Waals surface area contributed by atoms with E-state index in [0.29, 0.717) is 13.1 Å². The summed E-state index contributed by atoms with van der Waals surface area (Å²) < 4.78 is 0. The number of carbonyl (C=O) groups is 1. The normalized spacial score (nSPS) is 10.7. The monoisotopic (exact) mass is 365 g/mol. The summed E-state index contributed by atoms with van der Waals surface area (Å²) in [6.07, 6.45) is 5.63. The Morgan fingerprint density at radius 3 is 2.67 bits per heavy atom. The van der Waals surface area contributed by atoms with Gasteiger partial charge in [0.1, 0.15) is 17.3 Å². The Hall–Kier alpha value is -3.73. The van der Waals surface area contributed by atoms with E-state index >= 15 is 0 Å². The van der Waals surface area contributed by atoms with Gasteiger partial charge in [-0.05, 0) is 37.1 Å². The molecular weight excluding hydrogens is 346 g/mol. The smallest absolute Gasteiger partial charge is 0.292 e. The number of carbonyl (C=O) groups excluding carboxylic acids is 1. The van der Waals surface area contributed by atoms with Crippen LogP contribution in [0.25, 0.3) is 0 Å². The Morgan fingerprint density at radius 2 is 2.04 bits per heavy atom. The Bertz CT molecular complexity index is 874. The number of para-hydroxylation sites is 2. The lowest BCUT2D eigenvalue weighted by Gasteiger charge is -2.18. The van der Waals surface area contributed by atoms with Crippen LogP contribution < -0.4 is 5.32 Å². The maximum atomic E-state index is 12.4. The second kappa shape index (κ2) is 9.68. The van der Waals surface area contributed by atoms with E-state index in [9.17, 15) is 20.2 Å². The van der Waals surface area contributed by atoms with Gasteiger partial charge in [-0.3, -0.25) is 19.9 Å². The number of rotatable bonds is 8. The first-order chi connectivity index (χ1) is 13.0. The van der Waals surface area contributed by atoms with Gasteiger partial charge >= 0.3 is 0 Å². The number of nitro benzene ring substituents is 1. The number of nitro groups is 1. The van der Waals surface area contributed by atoms with Crippen molar-refractivity contribution in [2.75, 3.05) is 18.4 Å². The van der Waals surface area contributed by atoms with Gasteiger partial charge in [-0.15, -0.1) is 0 Å². The first-order valence-electron chi connectivity index (χ1n) is 8.34. The molecule has 2 rings (SSSR count). The number of pyridine rings is 1. The van der Waals surface area contributed by atoms with Crippen LogP contribution >= 0.6 is 0 Å². The topological polar surface area (TPSA) is 112 Å². The molecule has 0 unspecified atom stereocenters. The minimum absolute atomic E-state index is 0.0495. The molecule has 2 aromatic rings.